The minimum Gasteiger partial charge on any atom is -0.367 e. The highest BCUT2D eigenvalue weighted by atomic mass is 16.1. The second-order valence-corrected chi connectivity index (χ2v) is 4.31. The van der Waals surface area contributed by atoms with Gasteiger partial charge < -0.3 is 16.4 Å². The highest BCUT2D eigenvalue weighted by molar-refractivity contribution is 5.91. The molecule has 0 aliphatic carbocycles. The van der Waals surface area contributed by atoms with E-state index in [9.17, 15) is 4.79 Å². The van der Waals surface area contributed by atoms with Crippen molar-refractivity contribution in [2.24, 2.45) is 5.73 Å². The van der Waals surface area contributed by atoms with Gasteiger partial charge in [0.15, 0.2) is 5.69 Å². The molecule has 0 aromatic carbocycles. The Hall–Kier alpha value is -1.69. The summed E-state index contributed by atoms with van der Waals surface area (Å²) in [5, 5.41) is 13.4. The van der Waals surface area contributed by atoms with Crippen molar-refractivity contribution in [1.82, 2.24) is 15.5 Å². The van der Waals surface area contributed by atoms with Crippen molar-refractivity contribution in [2.75, 3.05) is 18.9 Å². The average Bonchev–Trinajstić information content (AvgIpc) is 2.44. The van der Waals surface area contributed by atoms with Gasteiger partial charge in [0, 0.05) is 19.1 Å². The number of nitrogens with zero attached hydrogens (tertiary/aromatic N) is 2. The topological polar surface area (TPSA) is 92.9 Å². The van der Waals surface area contributed by atoms with Crippen molar-refractivity contribution in [3.8, 4) is 0 Å². The van der Waals surface area contributed by atoms with Gasteiger partial charge in [-0.2, -0.15) is 0 Å². The van der Waals surface area contributed by atoms with Crippen LogP contribution in [0.4, 0.5) is 5.82 Å². The zero-order valence-corrected chi connectivity index (χ0v) is 11.2. The molecular formula is C12H21N5O. The molecule has 0 aliphatic rings. The predicted molar refractivity (Wildman–Crippen MR) is 71.4 cm³/mol. The summed E-state index contributed by atoms with van der Waals surface area (Å²) in [5.74, 6) is 0.378. The monoisotopic (exact) mass is 251 g/mol. The molecular weight excluding hydrogens is 230 g/mol. The van der Waals surface area contributed by atoms with Gasteiger partial charge in [0.05, 0.1) is 0 Å². The SMILES string of the molecule is CCC(N)(CC)CNc1ccc(C(=O)NC)nn1. The molecule has 0 unspecified atom stereocenters. The summed E-state index contributed by atoms with van der Waals surface area (Å²) >= 11 is 0. The molecule has 1 amide bonds. The fourth-order valence-corrected chi connectivity index (χ4v) is 1.44. The van der Waals surface area contributed by atoms with Gasteiger partial charge in [0.25, 0.3) is 5.91 Å². The molecule has 6 heteroatoms. The molecule has 0 radical (unpaired) electrons. The van der Waals surface area contributed by atoms with Crippen LogP contribution in [-0.4, -0.2) is 35.2 Å². The molecule has 0 saturated heterocycles. The van der Waals surface area contributed by atoms with Crippen molar-refractivity contribution in [2.45, 2.75) is 32.2 Å². The Balaban J connectivity index is 2.62. The maximum absolute atomic E-state index is 11.3. The molecule has 0 fully saturated rings. The third kappa shape index (κ3) is 3.66. The summed E-state index contributed by atoms with van der Waals surface area (Å²) in [6, 6.07) is 3.35. The van der Waals surface area contributed by atoms with E-state index >= 15 is 0 Å². The molecule has 0 aliphatic heterocycles. The van der Waals surface area contributed by atoms with Gasteiger partial charge in [-0.1, -0.05) is 13.8 Å². The van der Waals surface area contributed by atoms with Crippen LogP contribution in [0, 0.1) is 0 Å². The maximum Gasteiger partial charge on any atom is 0.271 e. The van der Waals surface area contributed by atoms with E-state index in [2.05, 4.69) is 34.7 Å². The molecule has 4 N–H and O–H groups in total. The maximum atomic E-state index is 11.3. The lowest BCUT2D eigenvalue weighted by molar-refractivity contribution is 0.0957. The molecule has 100 valence electrons. The van der Waals surface area contributed by atoms with Crippen LogP contribution in [0.15, 0.2) is 12.1 Å². The molecule has 0 bridgehead atoms. The molecule has 18 heavy (non-hydrogen) atoms. The average molecular weight is 251 g/mol. The first-order chi connectivity index (χ1) is 8.54. The summed E-state index contributed by atoms with van der Waals surface area (Å²) in [6.45, 7) is 4.76. The minimum absolute atomic E-state index is 0.235. The third-order valence-electron chi connectivity index (χ3n) is 3.15. The van der Waals surface area contributed by atoms with E-state index in [4.69, 9.17) is 5.73 Å². The van der Waals surface area contributed by atoms with Crippen LogP contribution in [-0.2, 0) is 0 Å². The lowest BCUT2D eigenvalue weighted by atomic mass is 9.94. The van der Waals surface area contributed by atoms with Crippen LogP contribution in [0.1, 0.15) is 37.2 Å². The van der Waals surface area contributed by atoms with Crippen LogP contribution in [0.3, 0.4) is 0 Å². The van der Waals surface area contributed by atoms with E-state index in [0.717, 1.165) is 12.8 Å². The number of rotatable bonds is 6. The van der Waals surface area contributed by atoms with Crippen molar-refractivity contribution < 1.29 is 4.79 Å². The first-order valence-electron chi connectivity index (χ1n) is 6.13. The van der Waals surface area contributed by atoms with E-state index < -0.39 is 0 Å². The van der Waals surface area contributed by atoms with Gasteiger partial charge in [0.1, 0.15) is 5.82 Å². The van der Waals surface area contributed by atoms with Crippen LogP contribution >= 0.6 is 0 Å². The number of hydrogen-bond donors (Lipinski definition) is 3. The number of nitrogens with two attached hydrogens (primary N) is 1. The van der Waals surface area contributed by atoms with Crippen molar-refractivity contribution in [1.29, 1.82) is 0 Å². The first kappa shape index (κ1) is 14.4. The van der Waals surface area contributed by atoms with E-state index in [1.807, 2.05) is 0 Å². The van der Waals surface area contributed by atoms with Gasteiger partial charge >= 0.3 is 0 Å². The van der Waals surface area contributed by atoms with E-state index in [0.29, 0.717) is 18.1 Å². The van der Waals surface area contributed by atoms with Crippen LogP contribution < -0.4 is 16.4 Å². The largest absolute Gasteiger partial charge is 0.367 e. The van der Waals surface area contributed by atoms with Crippen molar-refractivity contribution in [3.63, 3.8) is 0 Å². The number of nitrogens with one attached hydrogen (secondary N) is 2. The third-order valence-corrected chi connectivity index (χ3v) is 3.15. The number of hydrogen-bond acceptors (Lipinski definition) is 5. The first-order valence-corrected chi connectivity index (χ1v) is 6.13. The molecule has 1 rings (SSSR count). The summed E-state index contributed by atoms with van der Waals surface area (Å²) in [7, 11) is 1.56. The molecule has 1 aromatic rings. The van der Waals surface area contributed by atoms with E-state index in [1.165, 1.54) is 0 Å². The van der Waals surface area contributed by atoms with E-state index in [-0.39, 0.29) is 11.4 Å². The second kappa shape index (κ2) is 6.30. The highest BCUT2D eigenvalue weighted by Gasteiger charge is 2.19. The Morgan fingerprint density at radius 2 is 2.00 bits per heavy atom. The van der Waals surface area contributed by atoms with Gasteiger partial charge in [-0.05, 0) is 25.0 Å². The number of amides is 1. The lowest BCUT2D eigenvalue weighted by Crippen LogP contribution is -2.45. The smallest absolute Gasteiger partial charge is 0.271 e. The lowest BCUT2D eigenvalue weighted by Gasteiger charge is -2.26. The van der Waals surface area contributed by atoms with Crippen LogP contribution in [0.5, 0.6) is 0 Å². The zero-order chi connectivity index (χ0) is 13.6. The Bertz CT molecular complexity index is 386. The number of carbonyl (C=O) groups is 1. The second-order valence-electron chi connectivity index (χ2n) is 4.31. The van der Waals surface area contributed by atoms with Gasteiger partial charge in [0.2, 0.25) is 0 Å². The summed E-state index contributed by atoms with van der Waals surface area (Å²) in [6.07, 6.45) is 1.78. The zero-order valence-electron chi connectivity index (χ0n) is 11.2. The van der Waals surface area contributed by atoms with E-state index in [1.54, 1.807) is 19.2 Å². The highest BCUT2D eigenvalue weighted by Crippen LogP contribution is 2.12. The molecule has 0 saturated carbocycles. The quantitative estimate of drug-likeness (QED) is 0.694. The Labute approximate surface area is 107 Å². The normalized spacial score (nSPS) is 11.1. The summed E-state index contributed by atoms with van der Waals surface area (Å²) < 4.78 is 0. The summed E-state index contributed by atoms with van der Waals surface area (Å²) in [5.41, 5.74) is 6.23. The minimum atomic E-state index is -0.246. The van der Waals surface area contributed by atoms with Crippen LogP contribution in [0.2, 0.25) is 0 Å². The number of anilines is 1. The van der Waals surface area contributed by atoms with Gasteiger partial charge in [-0.15, -0.1) is 10.2 Å². The molecule has 1 aromatic heterocycles. The van der Waals surface area contributed by atoms with Crippen molar-refractivity contribution >= 4 is 11.7 Å². The molecule has 1 heterocycles. The van der Waals surface area contributed by atoms with Crippen molar-refractivity contribution in [3.05, 3.63) is 17.8 Å². The number of aromatic nitrogens is 2. The Morgan fingerprint density at radius 3 is 2.44 bits per heavy atom. The fourth-order valence-electron chi connectivity index (χ4n) is 1.44. The number of carbonyl (C=O) groups excluding carboxylic acids is 1. The standard InChI is InChI=1S/C12H21N5O/c1-4-12(13,5-2)8-15-10-7-6-9(16-17-10)11(18)14-3/h6-7H,4-5,8,13H2,1-3H3,(H,14,18)(H,15,17). The Kier molecular flexibility index (Phi) is 5.03. The molecule has 6 nitrogen and oxygen atoms in total. The fraction of sp³-hybridized carbons (Fsp3) is 0.583. The molecule has 0 spiro atoms. The predicted octanol–water partition coefficient (Wildman–Crippen LogP) is 0.766. The molecule has 0 atom stereocenters. The Morgan fingerprint density at radius 1 is 1.33 bits per heavy atom. The van der Waals surface area contributed by atoms with Crippen LogP contribution in [0.25, 0.3) is 0 Å². The van der Waals surface area contributed by atoms with Gasteiger partial charge in [-0.3, -0.25) is 4.79 Å². The summed E-state index contributed by atoms with van der Waals surface area (Å²) in [4.78, 5) is 11.3. The van der Waals surface area contributed by atoms with Gasteiger partial charge in [-0.25, -0.2) is 0 Å².